The fraction of sp³-hybridized carbons (Fsp3) is 0.636. The van der Waals surface area contributed by atoms with Gasteiger partial charge in [-0.2, -0.15) is 0 Å². The fourth-order valence-corrected chi connectivity index (χ4v) is 4.17. The average molecular weight is 370 g/mol. The van der Waals surface area contributed by atoms with E-state index >= 15 is 0 Å². The molecule has 0 aromatic heterocycles. The topological polar surface area (TPSA) is 61.4 Å². The van der Waals surface area contributed by atoms with Crippen molar-refractivity contribution >= 4 is 11.9 Å². The molecule has 0 unspecified atom stereocenters. The van der Waals surface area contributed by atoms with Crippen LogP contribution in [0.1, 0.15) is 50.5 Å². The highest BCUT2D eigenvalue weighted by Crippen LogP contribution is 2.41. The zero-order valence-electron chi connectivity index (χ0n) is 16.1. The predicted molar refractivity (Wildman–Crippen MR) is 105 cm³/mol. The standard InChI is InChI=1S/C22H31N3O2/c26-20(19-8-9-19)24-22(16-18-6-7-18)11-14-25(15-12-22)21(27)23-13-10-17-4-2-1-3-5-17/h1-5,18-19H,6-16H2,(H,23,27)(H,24,26). The molecule has 2 saturated carbocycles. The van der Waals surface area contributed by atoms with Gasteiger partial charge in [-0.05, 0) is 50.0 Å². The van der Waals surface area contributed by atoms with Crippen LogP contribution in [0.3, 0.4) is 0 Å². The van der Waals surface area contributed by atoms with E-state index in [0.29, 0.717) is 6.54 Å². The van der Waals surface area contributed by atoms with E-state index in [4.69, 9.17) is 0 Å². The minimum atomic E-state index is -0.0817. The van der Waals surface area contributed by atoms with Crippen LogP contribution in [0.15, 0.2) is 30.3 Å². The van der Waals surface area contributed by atoms with Crippen molar-refractivity contribution in [3.63, 3.8) is 0 Å². The molecule has 3 fully saturated rings. The number of piperidine rings is 1. The first-order valence-corrected chi connectivity index (χ1v) is 10.5. The van der Waals surface area contributed by atoms with Gasteiger partial charge in [0.05, 0.1) is 0 Å². The Balaban J connectivity index is 1.25. The Morgan fingerprint density at radius 2 is 1.74 bits per heavy atom. The molecule has 1 heterocycles. The molecule has 1 aliphatic heterocycles. The predicted octanol–water partition coefficient (Wildman–Crippen LogP) is 3.10. The van der Waals surface area contributed by atoms with Crippen molar-refractivity contribution < 1.29 is 9.59 Å². The lowest BCUT2D eigenvalue weighted by Crippen LogP contribution is -2.58. The van der Waals surface area contributed by atoms with Crippen molar-refractivity contribution in [2.75, 3.05) is 19.6 Å². The number of hydrogen-bond acceptors (Lipinski definition) is 2. The van der Waals surface area contributed by atoms with E-state index in [1.165, 1.54) is 18.4 Å². The summed E-state index contributed by atoms with van der Waals surface area (Å²) in [4.78, 5) is 26.8. The van der Waals surface area contributed by atoms with Crippen LogP contribution in [0, 0.1) is 11.8 Å². The van der Waals surface area contributed by atoms with Gasteiger partial charge in [0.2, 0.25) is 5.91 Å². The van der Waals surface area contributed by atoms with Gasteiger partial charge >= 0.3 is 6.03 Å². The fourth-order valence-electron chi connectivity index (χ4n) is 4.17. The summed E-state index contributed by atoms with van der Waals surface area (Å²) in [5, 5.41) is 6.44. The summed E-state index contributed by atoms with van der Waals surface area (Å²) in [6.07, 6.45) is 8.39. The molecule has 3 aliphatic rings. The van der Waals surface area contributed by atoms with Crippen LogP contribution in [0.2, 0.25) is 0 Å². The van der Waals surface area contributed by atoms with Crippen LogP contribution in [0.4, 0.5) is 4.79 Å². The number of carbonyl (C=O) groups excluding carboxylic acids is 2. The van der Waals surface area contributed by atoms with Gasteiger partial charge in [0.25, 0.3) is 0 Å². The monoisotopic (exact) mass is 369 g/mol. The summed E-state index contributed by atoms with van der Waals surface area (Å²) in [6, 6.07) is 10.3. The highest BCUT2D eigenvalue weighted by Gasteiger charge is 2.43. The van der Waals surface area contributed by atoms with E-state index < -0.39 is 0 Å². The summed E-state index contributed by atoms with van der Waals surface area (Å²) in [5.74, 6) is 1.27. The smallest absolute Gasteiger partial charge is 0.317 e. The van der Waals surface area contributed by atoms with E-state index in [2.05, 4.69) is 22.8 Å². The zero-order valence-corrected chi connectivity index (χ0v) is 16.1. The molecule has 0 bridgehead atoms. The van der Waals surface area contributed by atoms with Crippen molar-refractivity contribution in [3.05, 3.63) is 35.9 Å². The second-order valence-corrected chi connectivity index (χ2v) is 8.65. The molecule has 2 aliphatic carbocycles. The number of amides is 3. The molecule has 0 atom stereocenters. The second-order valence-electron chi connectivity index (χ2n) is 8.65. The highest BCUT2D eigenvalue weighted by molar-refractivity contribution is 5.81. The van der Waals surface area contributed by atoms with Crippen molar-refractivity contribution in [1.29, 1.82) is 0 Å². The molecule has 4 rings (SSSR count). The molecule has 146 valence electrons. The van der Waals surface area contributed by atoms with Gasteiger partial charge in [0.1, 0.15) is 0 Å². The van der Waals surface area contributed by atoms with Crippen molar-refractivity contribution in [3.8, 4) is 0 Å². The normalized spacial score (nSPS) is 21.6. The minimum absolute atomic E-state index is 0.0273. The number of rotatable bonds is 7. The summed E-state index contributed by atoms with van der Waals surface area (Å²) in [5.41, 5.74) is 1.16. The Morgan fingerprint density at radius 3 is 2.37 bits per heavy atom. The minimum Gasteiger partial charge on any atom is -0.350 e. The summed E-state index contributed by atoms with van der Waals surface area (Å²) in [6.45, 7) is 2.12. The van der Waals surface area contributed by atoms with E-state index in [0.717, 1.165) is 57.5 Å². The summed E-state index contributed by atoms with van der Waals surface area (Å²) >= 11 is 0. The number of likely N-dealkylation sites (tertiary alicyclic amines) is 1. The molecule has 3 amide bonds. The van der Waals surface area contributed by atoms with Crippen LogP contribution < -0.4 is 10.6 Å². The number of hydrogen-bond donors (Lipinski definition) is 2. The van der Waals surface area contributed by atoms with E-state index in [-0.39, 0.29) is 23.4 Å². The summed E-state index contributed by atoms with van der Waals surface area (Å²) in [7, 11) is 0. The highest BCUT2D eigenvalue weighted by atomic mass is 16.2. The molecule has 2 N–H and O–H groups in total. The third kappa shape index (κ3) is 5.02. The van der Waals surface area contributed by atoms with Crippen LogP contribution in [-0.2, 0) is 11.2 Å². The Bertz CT molecular complexity index is 659. The Labute approximate surface area is 161 Å². The number of nitrogens with zero attached hydrogens (tertiary/aromatic N) is 1. The molecular weight excluding hydrogens is 338 g/mol. The molecule has 0 spiro atoms. The number of benzene rings is 1. The van der Waals surface area contributed by atoms with E-state index in [1.54, 1.807) is 0 Å². The molecule has 1 aromatic carbocycles. The molecule has 27 heavy (non-hydrogen) atoms. The van der Waals surface area contributed by atoms with Gasteiger partial charge in [-0.25, -0.2) is 4.79 Å². The largest absolute Gasteiger partial charge is 0.350 e. The number of nitrogens with one attached hydrogen (secondary N) is 2. The Morgan fingerprint density at radius 1 is 1.04 bits per heavy atom. The third-order valence-corrected chi connectivity index (χ3v) is 6.25. The maximum absolute atomic E-state index is 12.5. The van der Waals surface area contributed by atoms with Gasteiger partial charge in [0.15, 0.2) is 0 Å². The van der Waals surface area contributed by atoms with Gasteiger partial charge in [-0.3, -0.25) is 4.79 Å². The first kappa shape index (κ1) is 18.3. The average Bonchev–Trinajstić information content (AvgIpc) is 3.57. The summed E-state index contributed by atoms with van der Waals surface area (Å²) < 4.78 is 0. The van der Waals surface area contributed by atoms with E-state index in [9.17, 15) is 9.59 Å². The lowest BCUT2D eigenvalue weighted by Gasteiger charge is -2.42. The van der Waals surface area contributed by atoms with Crippen LogP contribution in [0.25, 0.3) is 0 Å². The molecule has 5 heteroatoms. The maximum atomic E-state index is 12.5. The lowest BCUT2D eigenvalue weighted by molar-refractivity contribution is -0.125. The molecule has 0 radical (unpaired) electrons. The Kier molecular flexibility index (Phi) is 5.37. The number of urea groups is 1. The van der Waals surface area contributed by atoms with Gasteiger partial charge in [-0.1, -0.05) is 43.2 Å². The molecular formula is C22H31N3O2. The molecule has 1 saturated heterocycles. The van der Waals surface area contributed by atoms with E-state index in [1.807, 2.05) is 23.1 Å². The SMILES string of the molecule is O=C(NC1(CC2CC2)CCN(C(=O)NCCc2ccccc2)CC1)C1CC1. The van der Waals surface area contributed by atoms with Crippen LogP contribution >= 0.6 is 0 Å². The van der Waals surface area contributed by atoms with Crippen LogP contribution in [-0.4, -0.2) is 42.0 Å². The first-order chi connectivity index (χ1) is 13.1. The van der Waals surface area contributed by atoms with Crippen LogP contribution in [0.5, 0.6) is 0 Å². The lowest BCUT2D eigenvalue weighted by atomic mass is 9.82. The Hall–Kier alpha value is -2.04. The van der Waals surface area contributed by atoms with Gasteiger partial charge < -0.3 is 15.5 Å². The second kappa shape index (κ2) is 7.91. The van der Waals surface area contributed by atoms with Crippen molar-refractivity contribution in [1.82, 2.24) is 15.5 Å². The number of carbonyl (C=O) groups is 2. The molecule has 1 aromatic rings. The quantitative estimate of drug-likeness (QED) is 0.776. The van der Waals surface area contributed by atoms with Gasteiger partial charge in [-0.15, -0.1) is 0 Å². The zero-order chi connectivity index (χ0) is 18.7. The van der Waals surface area contributed by atoms with Gasteiger partial charge in [0, 0.05) is 31.1 Å². The van der Waals surface area contributed by atoms with Crippen molar-refractivity contribution in [2.45, 2.75) is 56.9 Å². The first-order valence-electron chi connectivity index (χ1n) is 10.5. The maximum Gasteiger partial charge on any atom is 0.317 e. The van der Waals surface area contributed by atoms with Crippen molar-refractivity contribution in [2.24, 2.45) is 11.8 Å². The third-order valence-electron chi connectivity index (χ3n) is 6.25. The molecule has 5 nitrogen and oxygen atoms in total.